The van der Waals surface area contributed by atoms with Gasteiger partial charge in [0.1, 0.15) is 0 Å². The van der Waals surface area contributed by atoms with Gasteiger partial charge in [-0.1, -0.05) is 20.3 Å². The van der Waals surface area contributed by atoms with Crippen LogP contribution in [0.4, 0.5) is 0 Å². The van der Waals surface area contributed by atoms with Gasteiger partial charge in [0.05, 0.1) is 12.6 Å². The number of hydrogen-bond acceptors (Lipinski definition) is 4. The molecule has 1 aliphatic carbocycles. The lowest BCUT2D eigenvalue weighted by molar-refractivity contribution is 0.347. The summed E-state index contributed by atoms with van der Waals surface area (Å²) in [6.45, 7) is 8.56. The van der Waals surface area contributed by atoms with Crippen molar-refractivity contribution in [1.29, 1.82) is 0 Å². The Balaban J connectivity index is 1.99. The lowest BCUT2D eigenvalue weighted by Gasteiger charge is -2.17. The highest BCUT2D eigenvalue weighted by Crippen LogP contribution is 2.50. The van der Waals surface area contributed by atoms with Crippen LogP contribution in [0.5, 0.6) is 0 Å². The first-order chi connectivity index (χ1) is 8.71. The van der Waals surface area contributed by atoms with Crippen molar-refractivity contribution in [2.75, 3.05) is 6.54 Å². The number of rotatable bonds is 8. The summed E-state index contributed by atoms with van der Waals surface area (Å²) in [5.74, 6) is 0.978. The molecule has 5 heteroatoms. The van der Waals surface area contributed by atoms with E-state index in [-0.39, 0.29) is 6.04 Å². The number of hydrogen-bond donors (Lipinski definition) is 1. The monoisotopic (exact) mass is 251 g/mol. The third-order valence-corrected chi connectivity index (χ3v) is 3.87. The van der Waals surface area contributed by atoms with E-state index in [1.54, 1.807) is 0 Å². The average Bonchev–Trinajstić information content (AvgIpc) is 2.94. The molecule has 18 heavy (non-hydrogen) atoms. The summed E-state index contributed by atoms with van der Waals surface area (Å²) in [6.07, 6.45) is 6.34. The van der Waals surface area contributed by atoms with Crippen molar-refractivity contribution in [1.82, 2.24) is 25.5 Å². The highest BCUT2D eigenvalue weighted by Gasteiger charge is 2.42. The molecule has 0 bridgehead atoms. The minimum absolute atomic E-state index is 0.234. The van der Waals surface area contributed by atoms with E-state index in [2.05, 4.69) is 41.6 Å². The van der Waals surface area contributed by atoms with Crippen LogP contribution in [0.1, 0.15) is 64.7 Å². The molecule has 2 rings (SSSR count). The Morgan fingerprint density at radius 2 is 2.11 bits per heavy atom. The van der Waals surface area contributed by atoms with E-state index >= 15 is 0 Å². The topological polar surface area (TPSA) is 55.6 Å². The fraction of sp³-hybridized carbons (Fsp3) is 0.923. The Morgan fingerprint density at radius 3 is 2.72 bits per heavy atom. The molecule has 0 saturated heterocycles. The van der Waals surface area contributed by atoms with E-state index in [0.29, 0.717) is 5.41 Å². The third-order valence-electron chi connectivity index (χ3n) is 3.87. The van der Waals surface area contributed by atoms with E-state index in [1.165, 1.54) is 25.7 Å². The van der Waals surface area contributed by atoms with Crippen LogP contribution in [0.2, 0.25) is 0 Å². The number of nitrogens with zero attached hydrogens (tertiary/aromatic N) is 4. The second kappa shape index (κ2) is 5.78. The first-order valence-electron chi connectivity index (χ1n) is 7.20. The Labute approximate surface area is 109 Å². The van der Waals surface area contributed by atoms with Crippen LogP contribution < -0.4 is 5.32 Å². The second-order valence-corrected chi connectivity index (χ2v) is 5.62. The number of tetrazole rings is 1. The molecule has 0 aliphatic heterocycles. The van der Waals surface area contributed by atoms with Crippen LogP contribution in [-0.2, 0) is 6.54 Å². The van der Waals surface area contributed by atoms with Crippen LogP contribution in [0.15, 0.2) is 0 Å². The lowest BCUT2D eigenvalue weighted by atomic mass is 10.0. The highest BCUT2D eigenvalue weighted by molar-refractivity contribution is 4.96. The fourth-order valence-corrected chi connectivity index (χ4v) is 2.60. The van der Waals surface area contributed by atoms with Gasteiger partial charge in [-0.25, -0.2) is 4.68 Å². The van der Waals surface area contributed by atoms with Gasteiger partial charge in [0.2, 0.25) is 0 Å². The van der Waals surface area contributed by atoms with Crippen LogP contribution in [0.25, 0.3) is 0 Å². The van der Waals surface area contributed by atoms with E-state index < -0.39 is 0 Å². The van der Waals surface area contributed by atoms with Crippen molar-refractivity contribution in [3.63, 3.8) is 0 Å². The van der Waals surface area contributed by atoms with Gasteiger partial charge in [0.25, 0.3) is 0 Å². The number of nitrogens with one attached hydrogen (secondary N) is 1. The van der Waals surface area contributed by atoms with Gasteiger partial charge in [0.15, 0.2) is 5.82 Å². The van der Waals surface area contributed by atoms with Crippen molar-refractivity contribution in [2.24, 2.45) is 5.41 Å². The van der Waals surface area contributed by atoms with Crippen molar-refractivity contribution >= 4 is 0 Å². The average molecular weight is 251 g/mol. The lowest BCUT2D eigenvalue weighted by Crippen LogP contribution is -2.25. The molecular formula is C13H25N5. The molecule has 1 saturated carbocycles. The maximum atomic E-state index is 4.18. The Morgan fingerprint density at radius 1 is 1.33 bits per heavy atom. The van der Waals surface area contributed by atoms with Crippen LogP contribution >= 0.6 is 0 Å². The standard InChI is InChI=1S/C13H25N5/c1-4-6-13(7-8-13)10-18-12(15-16-17-18)11(3)14-9-5-2/h11,14H,4-10H2,1-3H3. The summed E-state index contributed by atoms with van der Waals surface area (Å²) < 4.78 is 2.01. The Kier molecular flexibility index (Phi) is 4.32. The van der Waals surface area contributed by atoms with Crippen LogP contribution in [-0.4, -0.2) is 26.8 Å². The molecule has 0 amide bonds. The maximum Gasteiger partial charge on any atom is 0.167 e. The summed E-state index contributed by atoms with van der Waals surface area (Å²) in [6, 6.07) is 0.234. The molecule has 0 radical (unpaired) electrons. The predicted molar refractivity (Wildman–Crippen MR) is 71.1 cm³/mol. The smallest absolute Gasteiger partial charge is 0.167 e. The molecule has 1 atom stereocenters. The first-order valence-corrected chi connectivity index (χ1v) is 7.20. The summed E-state index contributed by atoms with van der Waals surface area (Å²) in [4.78, 5) is 0. The van der Waals surface area contributed by atoms with E-state index in [4.69, 9.17) is 0 Å². The molecule has 1 fully saturated rings. The molecule has 1 aliphatic rings. The van der Waals surface area contributed by atoms with E-state index in [9.17, 15) is 0 Å². The zero-order valence-corrected chi connectivity index (χ0v) is 11.8. The molecule has 1 aromatic heterocycles. The molecule has 102 valence electrons. The van der Waals surface area contributed by atoms with Crippen molar-refractivity contribution in [3.05, 3.63) is 5.82 Å². The SMILES string of the molecule is CCCNC(C)c1nnnn1CC1(CCC)CC1. The largest absolute Gasteiger partial charge is 0.307 e. The summed E-state index contributed by atoms with van der Waals surface area (Å²) in [5, 5.41) is 15.6. The molecular weight excluding hydrogens is 226 g/mol. The van der Waals surface area contributed by atoms with E-state index in [0.717, 1.165) is 25.3 Å². The van der Waals surface area contributed by atoms with Gasteiger partial charge >= 0.3 is 0 Å². The normalized spacial score (nSPS) is 18.8. The van der Waals surface area contributed by atoms with Crippen LogP contribution in [0.3, 0.4) is 0 Å². The molecule has 0 spiro atoms. The molecule has 1 unspecified atom stereocenters. The van der Waals surface area contributed by atoms with Crippen molar-refractivity contribution < 1.29 is 0 Å². The summed E-state index contributed by atoms with van der Waals surface area (Å²) in [5.41, 5.74) is 0.489. The predicted octanol–water partition coefficient (Wildman–Crippen LogP) is 2.31. The first kappa shape index (κ1) is 13.5. The minimum Gasteiger partial charge on any atom is -0.307 e. The van der Waals surface area contributed by atoms with Gasteiger partial charge in [-0.05, 0) is 55.0 Å². The Bertz CT molecular complexity index is 369. The fourth-order valence-electron chi connectivity index (χ4n) is 2.60. The summed E-state index contributed by atoms with van der Waals surface area (Å²) >= 11 is 0. The number of aromatic nitrogens is 4. The van der Waals surface area contributed by atoms with Crippen LogP contribution in [0, 0.1) is 5.41 Å². The molecule has 1 N–H and O–H groups in total. The molecule has 1 aromatic rings. The Hall–Kier alpha value is -0.970. The zero-order chi connectivity index (χ0) is 13.0. The van der Waals surface area contributed by atoms with Crippen molar-refractivity contribution in [3.8, 4) is 0 Å². The molecule has 5 nitrogen and oxygen atoms in total. The van der Waals surface area contributed by atoms with Gasteiger partial charge < -0.3 is 5.32 Å². The van der Waals surface area contributed by atoms with Gasteiger partial charge in [-0.15, -0.1) is 5.10 Å². The second-order valence-electron chi connectivity index (χ2n) is 5.62. The third kappa shape index (κ3) is 3.07. The summed E-state index contributed by atoms with van der Waals surface area (Å²) in [7, 11) is 0. The molecule has 0 aromatic carbocycles. The van der Waals surface area contributed by atoms with Gasteiger partial charge in [-0.3, -0.25) is 0 Å². The van der Waals surface area contributed by atoms with E-state index in [1.807, 2.05) is 4.68 Å². The van der Waals surface area contributed by atoms with Crippen molar-refractivity contribution in [2.45, 2.75) is 65.5 Å². The van der Waals surface area contributed by atoms with Gasteiger partial charge in [-0.2, -0.15) is 0 Å². The quantitative estimate of drug-likeness (QED) is 0.770. The zero-order valence-electron chi connectivity index (χ0n) is 11.8. The maximum absolute atomic E-state index is 4.18. The minimum atomic E-state index is 0.234. The van der Waals surface area contributed by atoms with Gasteiger partial charge in [0, 0.05) is 0 Å². The molecule has 1 heterocycles. The highest BCUT2D eigenvalue weighted by atomic mass is 15.5.